The van der Waals surface area contributed by atoms with Crippen LogP contribution in [0.5, 0.6) is 0 Å². The van der Waals surface area contributed by atoms with E-state index in [0.29, 0.717) is 10.0 Å². The van der Waals surface area contributed by atoms with Crippen LogP contribution in [0.25, 0.3) is 0 Å². The fourth-order valence-electron chi connectivity index (χ4n) is 1.69. The molecule has 0 aromatic heterocycles. The largest absolute Gasteiger partial charge is 0.277 e. The number of sulfonamides is 1. The van der Waals surface area contributed by atoms with Crippen LogP contribution >= 0.6 is 43.5 Å². The standard InChI is InChI=1S/C13H9Br2ClFNO2S/c1-7-2-3-8(14)4-12(7)21(19,20)18-13-10(15)5-9(17)6-11(13)16/h2-6,18H,1H3. The Morgan fingerprint density at radius 2 is 1.86 bits per heavy atom. The predicted molar refractivity (Wildman–Crippen MR) is 88.8 cm³/mol. The maximum atomic E-state index is 13.2. The average Bonchev–Trinajstić information content (AvgIpc) is 2.36. The summed E-state index contributed by atoms with van der Waals surface area (Å²) < 4.78 is 41.3. The van der Waals surface area contributed by atoms with E-state index in [1.54, 1.807) is 19.1 Å². The summed E-state index contributed by atoms with van der Waals surface area (Å²) >= 11 is 12.2. The molecule has 0 aliphatic heterocycles. The highest BCUT2D eigenvalue weighted by atomic mass is 79.9. The highest BCUT2D eigenvalue weighted by molar-refractivity contribution is 9.10. The van der Waals surface area contributed by atoms with Gasteiger partial charge in [0.15, 0.2) is 0 Å². The quantitative estimate of drug-likeness (QED) is 0.696. The van der Waals surface area contributed by atoms with Crippen LogP contribution in [0.15, 0.2) is 44.2 Å². The van der Waals surface area contributed by atoms with Gasteiger partial charge >= 0.3 is 0 Å². The van der Waals surface area contributed by atoms with Gasteiger partial charge in [-0.15, -0.1) is 0 Å². The lowest BCUT2D eigenvalue weighted by Crippen LogP contribution is -2.15. The maximum Gasteiger partial charge on any atom is 0.262 e. The lowest BCUT2D eigenvalue weighted by atomic mass is 10.2. The molecule has 0 aliphatic carbocycles. The van der Waals surface area contributed by atoms with Crippen molar-refractivity contribution in [3.8, 4) is 0 Å². The first kappa shape index (κ1) is 16.7. The SMILES string of the molecule is Cc1ccc(Br)cc1S(=O)(=O)Nc1c(Cl)cc(F)cc1Br. The number of halogens is 4. The highest BCUT2D eigenvalue weighted by Crippen LogP contribution is 2.34. The zero-order valence-corrected chi connectivity index (χ0v) is 15.4. The monoisotopic (exact) mass is 455 g/mol. The van der Waals surface area contributed by atoms with Gasteiger partial charge in [-0.25, -0.2) is 12.8 Å². The molecule has 0 amide bonds. The molecular weight excluding hydrogens is 448 g/mol. The van der Waals surface area contributed by atoms with Gasteiger partial charge < -0.3 is 0 Å². The smallest absolute Gasteiger partial charge is 0.262 e. The molecule has 0 bridgehead atoms. The fourth-order valence-corrected chi connectivity index (χ4v) is 4.66. The summed E-state index contributed by atoms with van der Waals surface area (Å²) in [4.78, 5) is 0.115. The molecular formula is C13H9Br2ClFNO2S. The zero-order chi connectivity index (χ0) is 15.8. The minimum absolute atomic E-state index is 0.0295. The number of rotatable bonds is 3. The van der Waals surface area contributed by atoms with Crippen LogP contribution < -0.4 is 4.72 Å². The second kappa shape index (κ2) is 6.24. The van der Waals surface area contributed by atoms with Gasteiger partial charge in [-0.1, -0.05) is 33.6 Å². The van der Waals surface area contributed by atoms with E-state index in [4.69, 9.17) is 11.6 Å². The van der Waals surface area contributed by atoms with Gasteiger partial charge in [-0.3, -0.25) is 4.72 Å². The molecule has 0 atom stereocenters. The lowest BCUT2D eigenvalue weighted by molar-refractivity contribution is 0.600. The molecule has 8 heteroatoms. The Bertz CT molecular complexity index is 789. The molecule has 0 radical (unpaired) electrons. The van der Waals surface area contributed by atoms with Crippen LogP contribution in [-0.4, -0.2) is 8.42 Å². The summed E-state index contributed by atoms with van der Waals surface area (Å²) in [7, 11) is -3.84. The van der Waals surface area contributed by atoms with Crippen LogP contribution in [0, 0.1) is 12.7 Å². The molecule has 2 rings (SSSR count). The first-order valence-electron chi connectivity index (χ1n) is 5.64. The summed E-state index contributed by atoms with van der Waals surface area (Å²) in [6, 6.07) is 7.09. The topological polar surface area (TPSA) is 46.2 Å². The first-order chi connectivity index (χ1) is 9.70. The van der Waals surface area contributed by atoms with Crippen molar-refractivity contribution in [1.29, 1.82) is 0 Å². The first-order valence-corrected chi connectivity index (χ1v) is 9.09. The van der Waals surface area contributed by atoms with Crippen molar-refractivity contribution < 1.29 is 12.8 Å². The Labute approximate surface area is 143 Å². The summed E-state index contributed by atoms with van der Waals surface area (Å²) in [5.41, 5.74) is 0.678. The normalized spacial score (nSPS) is 11.5. The van der Waals surface area contributed by atoms with E-state index in [2.05, 4.69) is 36.6 Å². The number of hydrogen-bond acceptors (Lipinski definition) is 2. The third-order valence-corrected chi connectivity index (χ3v) is 5.59. The molecule has 0 aliphatic rings. The fraction of sp³-hybridized carbons (Fsp3) is 0.0769. The Hall–Kier alpha value is -0.630. The molecule has 0 unspecified atom stereocenters. The van der Waals surface area contributed by atoms with Gasteiger partial charge in [0.1, 0.15) is 5.82 Å². The molecule has 21 heavy (non-hydrogen) atoms. The minimum Gasteiger partial charge on any atom is -0.277 e. The Kier molecular flexibility index (Phi) is 4.97. The summed E-state index contributed by atoms with van der Waals surface area (Å²) in [5, 5.41) is -0.0295. The van der Waals surface area contributed by atoms with E-state index in [1.807, 2.05) is 0 Å². The molecule has 0 saturated carbocycles. The number of benzene rings is 2. The molecule has 2 aromatic carbocycles. The van der Waals surface area contributed by atoms with Crippen LogP contribution in [0.1, 0.15) is 5.56 Å². The van der Waals surface area contributed by atoms with Crippen LogP contribution in [0.4, 0.5) is 10.1 Å². The average molecular weight is 458 g/mol. The number of nitrogens with one attached hydrogen (secondary N) is 1. The highest BCUT2D eigenvalue weighted by Gasteiger charge is 2.20. The van der Waals surface area contributed by atoms with Crippen molar-refractivity contribution in [2.75, 3.05) is 4.72 Å². The van der Waals surface area contributed by atoms with Crippen molar-refractivity contribution in [2.45, 2.75) is 11.8 Å². The van der Waals surface area contributed by atoms with E-state index >= 15 is 0 Å². The van der Waals surface area contributed by atoms with Crippen LogP contribution in [0.3, 0.4) is 0 Å². The molecule has 0 heterocycles. The molecule has 0 spiro atoms. The van der Waals surface area contributed by atoms with Gasteiger partial charge in [-0.05, 0) is 52.7 Å². The summed E-state index contributed by atoms with van der Waals surface area (Å²) in [6.07, 6.45) is 0. The van der Waals surface area contributed by atoms with Crippen molar-refractivity contribution >= 4 is 59.2 Å². The van der Waals surface area contributed by atoms with Crippen LogP contribution in [0.2, 0.25) is 5.02 Å². The maximum absolute atomic E-state index is 13.2. The van der Waals surface area contributed by atoms with Crippen molar-refractivity contribution in [3.63, 3.8) is 0 Å². The Balaban J connectivity index is 2.50. The number of hydrogen-bond donors (Lipinski definition) is 1. The van der Waals surface area contributed by atoms with Crippen molar-refractivity contribution in [1.82, 2.24) is 0 Å². The van der Waals surface area contributed by atoms with E-state index < -0.39 is 15.8 Å². The van der Waals surface area contributed by atoms with Gasteiger partial charge in [0, 0.05) is 8.95 Å². The van der Waals surface area contributed by atoms with Crippen LogP contribution in [-0.2, 0) is 10.0 Å². The van der Waals surface area contributed by atoms with E-state index in [1.165, 1.54) is 6.07 Å². The number of aryl methyl sites for hydroxylation is 1. The Morgan fingerprint density at radius 1 is 1.19 bits per heavy atom. The number of anilines is 1. The van der Waals surface area contributed by atoms with Crippen molar-refractivity contribution in [2.24, 2.45) is 0 Å². The summed E-state index contributed by atoms with van der Waals surface area (Å²) in [6.45, 7) is 1.68. The van der Waals surface area contributed by atoms with Gasteiger partial charge in [0.2, 0.25) is 0 Å². The lowest BCUT2D eigenvalue weighted by Gasteiger charge is -2.13. The van der Waals surface area contributed by atoms with E-state index in [9.17, 15) is 12.8 Å². The predicted octanol–water partition coefficient (Wildman–Crippen LogP) is 5.11. The molecule has 0 saturated heterocycles. The second-order valence-electron chi connectivity index (χ2n) is 4.26. The van der Waals surface area contributed by atoms with E-state index in [0.717, 1.165) is 12.1 Å². The zero-order valence-electron chi connectivity index (χ0n) is 10.6. The van der Waals surface area contributed by atoms with E-state index in [-0.39, 0.29) is 20.1 Å². The molecule has 112 valence electrons. The molecule has 3 nitrogen and oxygen atoms in total. The third kappa shape index (κ3) is 3.77. The third-order valence-electron chi connectivity index (χ3n) is 2.68. The van der Waals surface area contributed by atoms with Gasteiger partial charge in [0.05, 0.1) is 15.6 Å². The molecule has 2 aromatic rings. The Morgan fingerprint density at radius 3 is 2.48 bits per heavy atom. The van der Waals surface area contributed by atoms with Crippen molar-refractivity contribution in [3.05, 3.63) is 55.7 Å². The van der Waals surface area contributed by atoms with Gasteiger partial charge in [0.25, 0.3) is 10.0 Å². The molecule has 1 N–H and O–H groups in total. The van der Waals surface area contributed by atoms with Gasteiger partial charge in [-0.2, -0.15) is 0 Å². The summed E-state index contributed by atoms with van der Waals surface area (Å²) in [5.74, 6) is -0.562. The molecule has 0 fully saturated rings. The second-order valence-corrected chi connectivity index (χ2v) is 8.09. The minimum atomic E-state index is -3.84.